The second-order valence-corrected chi connectivity index (χ2v) is 9.55. The van der Waals surface area contributed by atoms with E-state index in [0.29, 0.717) is 28.9 Å². The molecule has 1 saturated heterocycles. The zero-order valence-corrected chi connectivity index (χ0v) is 18.5. The summed E-state index contributed by atoms with van der Waals surface area (Å²) < 4.78 is 7.10. The number of ether oxygens (including phenoxy) is 1. The molecule has 0 aromatic carbocycles. The minimum atomic E-state index is -0.0696. The number of carbonyl (C=O) groups is 1. The number of nitrogens with zero attached hydrogens (tertiary/aromatic N) is 5. The van der Waals surface area contributed by atoms with Crippen LogP contribution in [-0.4, -0.2) is 49.4 Å². The number of likely N-dealkylation sites (tertiary alicyclic amines) is 1. The molecule has 4 unspecified atom stereocenters. The molecule has 6 rings (SSSR count). The second-order valence-electron chi connectivity index (χ2n) is 8.63. The van der Waals surface area contributed by atoms with Gasteiger partial charge in [-0.3, -0.25) is 4.79 Å². The predicted octanol–water partition coefficient (Wildman–Crippen LogP) is 3.69. The van der Waals surface area contributed by atoms with Crippen LogP contribution in [-0.2, 0) is 0 Å². The first-order chi connectivity index (χ1) is 15.0. The van der Waals surface area contributed by atoms with Crippen molar-refractivity contribution in [2.45, 2.75) is 31.9 Å². The fourth-order valence-corrected chi connectivity index (χ4v) is 5.55. The number of amides is 1. The molecule has 4 atom stereocenters. The molecule has 7 nitrogen and oxygen atoms in total. The van der Waals surface area contributed by atoms with Gasteiger partial charge in [0.15, 0.2) is 5.82 Å². The average molecular weight is 478 g/mol. The Morgan fingerprint density at radius 2 is 2.00 bits per heavy atom. The lowest BCUT2D eigenvalue weighted by atomic mass is 9.73. The van der Waals surface area contributed by atoms with E-state index in [1.54, 1.807) is 24.7 Å². The molecule has 3 aromatic heterocycles. The van der Waals surface area contributed by atoms with Crippen LogP contribution in [0.1, 0.15) is 29.0 Å². The van der Waals surface area contributed by atoms with Gasteiger partial charge in [-0.1, -0.05) is 0 Å². The summed E-state index contributed by atoms with van der Waals surface area (Å²) in [5.41, 5.74) is 2.08. The maximum Gasteiger partial charge on any atom is 0.273 e. The van der Waals surface area contributed by atoms with Gasteiger partial charge in [0, 0.05) is 46.8 Å². The van der Waals surface area contributed by atoms with Crippen LogP contribution in [0, 0.1) is 18.3 Å². The summed E-state index contributed by atoms with van der Waals surface area (Å²) >= 11 is 3.40. The van der Waals surface area contributed by atoms with Gasteiger partial charge in [0.1, 0.15) is 11.8 Å². The van der Waals surface area contributed by atoms with Crippen molar-refractivity contribution in [3.63, 3.8) is 0 Å². The third-order valence-electron chi connectivity index (χ3n) is 6.83. The topological polar surface area (TPSA) is 81.1 Å². The van der Waals surface area contributed by atoms with Crippen LogP contribution in [0.5, 0.6) is 5.88 Å². The average Bonchev–Trinajstić information content (AvgIpc) is 3.43. The molecule has 1 aliphatic heterocycles. The Morgan fingerprint density at radius 1 is 1.16 bits per heavy atom. The molecule has 0 radical (unpaired) electrons. The molecular weight excluding hydrogens is 458 g/mol. The van der Waals surface area contributed by atoms with Gasteiger partial charge in [0.05, 0.1) is 11.6 Å². The summed E-state index contributed by atoms with van der Waals surface area (Å²) in [4.78, 5) is 33.3. The van der Waals surface area contributed by atoms with Crippen molar-refractivity contribution in [2.75, 3.05) is 6.54 Å². The molecule has 2 aliphatic carbocycles. The lowest BCUT2D eigenvalue weighted by molar-refractivity contribution is -0.0347. The quantitative estimate of drug-likeness (QED) is 0.569. The highest BCUT2D eigenvalue weighted by Crippen LogP contribution is 2.71. The summed E-state index contributed by atoms with van der Waals surface area (Å²) in [7, 11) is 0. The molecule has 156 valence electrons. The van der Waals surface area contributed by atoms with E-state index in [9.17, 15) is 4.79 Å². The van der Waals surface area contributed by atoms with Crippen molar-refractivity contribution in [1.82, 2.24) is 24.8 Å². The Bertz CT molecular complexity index is 1170. The van der Waals surface area contributed by atoms with Crippen molar-refractivity contribution in [3.8, 4) is 17.3 Å². The van der Waals surface area contributed by atoms with Crippen molar-refractivity contribution < 1.29 is 9.53 Å². The van der Waals surface area contributed by atoms with Crippen LogP contribution in [0.4, 0.5) is 0 Å². The summed E-state index contributed by atoms with van der Waals surface area (Å²) in [6.07, 6.45) is 7.18. The zero-order valence-electron chi connectivity index (χ0n) is 16.9. The Morgan fingerprint density at radius 3 is 2.77 bits per heavy atom. The molecule has 3 aliphatic rings. The van der Waals surface area contributed by atoms with Gasteiger partial charge in [-0.15, -0.1) is 0 Å². The predicted molar refractivity (Wildman–Crippen MR) is 116 cm³/mol. The molecule has 1 amide bonds. The Kier molecular flexibility index (Phi) is 4.15. The number of aromatic nitrogens is 4. The van der Waals surface area contributed by atoms with Gasteiger partial charge in [-0.25, -0.2) is 19.9 Å². The van der Waals surface area contributed by atoms with Gasteiger partial charge < -0.3 is 9.64 Å². The van der Waals surface area contributed by atoms with Crippen molar-refractivity contribution in [1.29, 1.82) is 0 Å². The number of hydrogen-bond acceptors (Lipinski definition) is 6. The van der Waals surface area contributed by atoms with Crippen LogP contribution < -0.4 is 4.74 Å². The molecule has 0 bridgehead atoms. The number of rotatable bonds is 4. The maximum absolute atomic E-state index is 13.7. The number of piperidine rings is 1. The number of carbonyl (C=O) groups excluding carboxylic acids is 1. The minimum Gasteiger partial charge on any atom is -0.472 e. The monoisotopic (exact) mass is 477 g/mol. The SMILES string of the molecule is Cc1ccc(-c2ncccn2)c(C(=O)N2CC3CC34CC(Oc3ccc(Br)cn3)C24)n1. The normalized spacial score (nSPS) is 27.8. The Balaban J connectivity index is 1.31. The van der Waals surface area contributed by atoms with E-state index in [2.05, 4.69) is 35.9 Å². The zero-order chi connectivity index (χ0) is 21.2. The smallest absolute Gasteiger partial charge is 0.273 e. The summed E-state index contributed by atoms with van der Waals surface area (Å²) in [5.74, 6) is 1.59. The van der Waals surface area contributed by atoms with Crippen molar-refractivity contribution in [3.05, 3.63) is 64.8 Å². The number of pyridine rings is 2. The Hall–Kier alpha value is -2.87. The third-order valence-corrected chi connectivity index (χ3v) is 7.30. The van der Waals surface area contributed by atoms with Crippen LogP contribution in [0.25, 0.3) is 11.4 Å². The summed E-state index contributed by atoms with van der Waals surface area (Å²) in [6.45, 7) is 2.64. The van der Waals surface area contributed by atoms with E-state index in [1.165, 1.54) is 6.42 Å². The Labute approximate surface area is 188 Å². The highest BCUT2D eigenvalue weighted by atomic mass is 79.9. The van der Waals surface area contributed by atoms with Gasteiger partial charge in [0.25, 0.3) is 5.91 Å². The van der Waals surface area contributed by atoms with E-state index >= 15 is 0 Å². The molecule has 1 spiro atoms. The highest BCUT2D eigenvalue weighted by molar-refractivity contribution is 9.10. The first-order valence-corrected chi connectivity index (χ1v) is 11.2. The fourth-order valence-electron chi connectivity index (χ4n) is 5.31. The van der Waals surface area contributed by atoms with Crippen molar-refractivity contribution >= 4 is 21.8 Å². The van der Waals surface area contributed by atoms with E-state index in [4.69, 9.17) is 4.74 Å². The molecule has 31 heavy (non-hydrogen) atoms. The van der Waals surface area contributed by atoms with Gasteiger partial charge >= 0.3 is 0 Å². The third kappa shape index (κ3) is 2.96. The number of hydrogen-bond donors (Lipinski definition) is 0. The molecular formula is C23H20BrN5O2. The molecule has 3 fully saturated rings. The second kappa shape index (κ2) is 6.82. The molecule has 2 saturated carbocycles. The van der Waals surface area contributed by atoms with E-state index in [0.717, 1.165) is 23.1 Å². The minimum absolute atomic E-state index is 0.0497. The first kappa shape index (κ1) is 18.9. The van der Waals surface area contributed by atoms with E-state index in [-0.39, 0.29) is 23.5 Å². The molecule has 0 N–H and O–H groups in total. The standard InChI is InChI=1S/C23H20BrN5O2/c1-13-3-5-16(21-25-7-2-8-26-21)19(28-13)22(30)29-12-14-9-23(14)10-17(20(23)29)31-18-6-4-15(24)11-27-18/h2-8,11,14,17,20H,9-10,12H2,1H3. The van der Waals surface area contributed by atoms with Crippen LogP contribution in [0.2, 0.25) is 0 Å². The van der Waals surface area contributed by atoms with Crippen molar-refractivity contribution in [2.24, 2.45) is 11.3 Å². The van der Waals surface area contributed by atoms with Gasteiger partial charge in [0.2, 0.25) is 5.88 Å². The fraction of sp³-hybridized carbons (Fsp3) is 0.348. The lowest BCUT2D eigenvalue weighted by Crippen LogP contribution is -2.59. The summed E-state index contributed by atoms with van der Waals surface area (Å²) in [6, 6.07) is 9.36. The van der Waals surface area contributed by atoms with Gasteiger partial charge in [-0.05, 0) is 65.9 Å². The van der Waals surface area contributed by atoms with Crippen LogP contribution >= 0.6 is 15.9 Å². The van der Waals surface area contributed by atoms with E-state index in [1.807, 2.05) is 36.1 Å². The van der Waals surface area contributed by atoms with E-state index < -0.39 is 0 Å². The molecule has 3 aromatic rings. The largest absolute Gasteiger partial charge is 0.472 e. The molecule has 8 heteroatoms. The first-order valence-electron chi connectivity index (χ1n) is 10.4. The summed E-state index contributed by atoms with van der Waals surface area (Å²) in [5, 5.41) is 0. The number of aryl methyl sites for hydroxylation is 1. The molecule has 4 heterocycles. The highest BCUT2D eigenvalue weighted by Gasteiger charge is 2.76. The van der Waals surface area contributed by atoms with Crippen LogP contribution in [0.3, 0.4) is 0 Å². The lowest BCUT2D eigenvalue weighted by Gasteiger charge is -2.46. The maximum atomic E-state index is 13.7. The van der Waals surface area contributed by atoms with Gasteiger partial charge in [-0.2, -0.15) is 0 Å². The van der Waals surface area contributed by atoms with Crippen LogP contribution in [0.15, 0.2) is 53.4 Å². The number of halogens is 1.